The van der Waals surface area contributed by atoms with Crippen LogP contribution in [-0.4, -0.2) is 21.9 Å². The zero-order chi connectivity index (χ0) is 24.7. The van der Waals surface area contributed by atoms with E-state index in [1.165, 1.54) is 24.3 Å². The van der Waals surface area contributed by atoms with Crippen LogP contribution in [0.1, 0.15) is 22.9 Å². The highest BCUT2D eigenvalue weighted by Gasteiger charge is 2.06. The first-order valence-corrected chi connectivity index (χ1v) is 11.1. The number of oxazole rings is 2. The van der Waals surface area contributed by atoms with E-state index in [2.05, 4.69) is 9.97 Å². The van der Waals surface area contributed by atoms with Gasteiger partial charge in [-0.2, -0.15) is 0 Å². The summed E-state index contributed by atoms with van der Waals surface area (Å²) in [6, 6.07) is 21.9. The quantitative estimate of drug-likeness (QED) is 0.212. The summed E-state index contributed by atoms with van der Waals surface area (Å²) in [5.41, 5.74) is 4.23. The third-order valence-corrected chi connectivity index (χ3v) is 5.10. The summed E-state index contributed by atoms with van der Waals surface area (Å²) in [5, 5.41) is 0. The van der Waals surface area contributed by atoms with Gasteiger partial charge in [-0.05, 0) is 41.5 Å². The maximum absolute atomic E-state index is 12.1. The van der Waals surface area contributed by atoms with Crippen LogP contribution in [-0.2, 0) is 32.3 Å². The van der Waals surface area contributed by atoms with E-state index in [-0.39, 0.29) is 13.2 Å². The minimum absolute atomic E-state index is 0.0656. The summed E-state index contributed by atoms with van der Waals surface area (Å²) in [6.07, 6.45) is 5.46. The maximum atomic E-state index is 12.1. The van der Waals surface area contributed by atoms with Crippen LogP contribution < -0.4 is 0 Å². The summed E-state index contributed by atoms with van der Waals surface area (Å²) in [6.45, 7) is 0.131. The number of aromatic nitrogens is 2. The number of para-hydroxylation sites is 4. The Kier molecular flexibility index (Phi) is 6.66. The SMILES string of the molecule is O=C(/C=C/c1nc2ccccc2o1)OCc1cccc(COC(=O)/C=C/c2nc3ccccc3o2)c1. The van der Waals surface area contributed by atoms with Crippen molar-refractivity contribution in [3.8, 4) is 0 Å². The van der Waals surface area contributed by atoms with Gasteiger partial charge >= 0.3 is 11.9 Å². The van der Waals surface area contributed by atoms with Crippen molar-refractivity contribution < 1.29 is 27.9 Å². The fourth-order valence-electron chi connectivity index (χ4n) is 3.42. The number of nitrogens with zero attached hydrogens (tertiary/aromatic N) is 2. The van der Waals surface area contributed by atoms with Crippen LogP contribution in [0.3, 0.4) is 0 Å². The monoisotopic (exact) mass is 480 g/mol. The third kappa shape index (κ3) is 5.74. The Morgan fingerprint density at radius 3 is 1.61 bits per heavy atom. The zero-order valence-electron chi connectivity index (χ0n) is 19.0. The highest BCUT2D eigenvalue weighted by atomic mass is 16.5. The molecular weight excluding hydrogens is 460 g/mol. The van der Waals surface area contributed by atoms with Crippen molar-refractivity contribution in [1.82, 2.24) is 9.97 Å². The Hall–Kier alpha value is -4.98. The molecule has 2 heterocycles. The summed E-state index contributed by atoms with van der Waals surface area (Å²) >= 11 is 0. The molecule has 0 atom stereocenters. The van der Waals surface area contributed by atoms with Crippen LogP contribution in [0.5, 0.6) is 0 Å². The number of fused-ring (bicyclic) bond motifs is 2. The molecular formula is C28H20N2O6. The van der Waals surface area contributed by atoms with Crippen LogP contribution in [0.2, 0.25) is 0 Å². The van der Waals surface area contributed by atoms with Gasteiger partial charge in [0.1, 0.15) is 24.2 Å². The van der Waals surface area contributed by atoms with Crippen molar-refractivity contribution in [2.45, 2.75) is 13.2 Å². The van der Waals surface area contributed by atoms with Crippen molar-refractivity contribution in [3.05, 3.63) is 108 Å². The largest absolute Gasteiger partial charge is 0.458 e. The number of hydrogen-bond acceptors (Lipinski definition) is 8. The minimum atomic E-state index is -0.529. The molecule has 0 N–H and O–H groups in total. The van der Waals surface area contributed by atoms with E-state index in [4.69, 9.17) is 18.3 Å². The molecule has 0 saturated heterocycles. The number of ether oxygens (including phenoxy) is 2. The molecule has 0 aliphatic carbocycles. The molecule has 0 aliphatic heterocycles. The van der Waals surface area contributed by atoms with Crippen molar-refractivity contribution in [2.24, 2.45) is 0 Å². The van der Waals surface area contributed by atoms with Gasteiger partial charge in [-0.15, -0.1) is 0 Å². The predicted molar refractivity (Wildman–Crippen MR) is 132 cm³/mol. The number of benzene rings is 3. The molecule has 5 rings (SSSR count). The van der Waals surface area contributed by atoms with E-state index in [1.54, 1.807) is 24.3 Å². The number of hydrogen-bond donors (Lipinski definition) is 0. The number of esters is 2. The Morgan fingerprint density at radius 2 is 1.14 bits per heavy atom. The van der Waals surface area contributed by atoms with Crippen LogP contribution in [0.25, 0.3) is 34.4 Å². The third-order valence-electron chi connectivity index (χ3n) is 5.10. The average molecular weight is 480 g/mol. The van der Waals surface area contributed by atoms with Crippen LogP contribution in [0.4, 0.5) is 0 Å². The molecule has 8 heteroatoms. The molecule has 2 aromatic heterocycles. The first-order chi connectivity index (χ1) is 17.6. The summed E-state index contributed by atoms with van der Waals surface area (Å²) < 4.78 is 21.6. The van der Waals surface area contributed by atoms with Gasteiger partial charge in [0.15, 0.2) is 11.2 Å². The molecule has 8 nitrogen and oxygen atoms in total. The number of carbonyl (C=O) groups is 2. The summed E-state index contributed by atoms with van der Waals surface area (Å²) in [7, 11) is 0. The molecule has 36 heavy (non-hydrogen) atoms. The van der Waals surface area contributed by atoms with Gasteiger partial charge in [-0.3, -0.25) is 0 Å². The molecule has 0 unspecified atom stereocenters. The fourth-order valence-corrected chi connectivity index (χ4v) is 3.42. The topological polar surface area (TPSA) is 105 Å². The zero-order valence-corrected chi connectivity index (χ0v) is 19.0. The number of carbonyl (C=O) groups excluding carboxylic acids is 2. The highest BCUT2D eigenvalue weighted by Crippen LogP contribution is 2.17. The van der Waals surface area contributed by atoms with Gasteiger partial charge in [-0.1, -0.05) is 42.5 Å². The molecule has 0 fully saturated rings. The Labute approximate surface area is 205 Å². The van der Waals surface area contributed by atoms with Crippen LogP contribution in [0.15, 0.2) is 93.8 Å². The van der Waals surface area contributed by atoms with E-state index in [0.717, 1.165) is 11.1 Å². The van der Waals surface area contributed by atoms with Crippen molar-refractivity contribution in [1.29, 1.82) is 0 Å². The predicted octanol–water partition coefficient (Wildman–Crippen LogP) is 5.48. The lowest BCUT2D eigenvalue weighted by Crippen LogP contribution is -2.03. The molecule has 0 aliphatic rings. The second-order valence-corrected chi connectivity index (χ2v) is 7.74. The average Bonchev–Trinajstić information content (AvgIpc) is 3.52. The molecule has 0 radical (unpaired) electrons. The van der Waals surface area contributed by atoms with Crippen molar-refractivity contribution in [2.75, 3.05) is 0 Å². The van der Waals surface area contributed by atoms with Crippen LogP contribution >= 0.6 is 0 Å². The number of rotatable bonds is 8. The Balaban J connectivity index is 1.10. The second-order valence-electron chi connectivity index (χ2n) is 7.74. The van der Waals surface area contributed by atoms with Gasteiger partial charge in [-0.25, -0.2) is 19.6 Å². The van der Waals surface area contributed by atoms with Crippen molar-refractivity contribution >= 4 is 46.3 Å². The van der Waals surface area contributed by atoms with Crippen molar-refractivity contribution in [3.63, 3.8) is 0 Å². The van der Waals surface area contributed by atoms with E-state index >= 15 is 0 Å². The standard InChI is InChI=1S/C28H20N2O6/c31-27(14-12-25-29-21-8-1-3-10-23(21)35-25)33-17-19-6-5-7-20(16-19)18-34-28(32)15-13-26-30-22-9-2-4-11-24(22)36-26/h1-16H,17-18H2/b14-12+,15-13+. The van der Waals surface area contributed by atoms with Gasteiger partial charge < -0.3 is 18.3 Å². The Morgan fingerprint density at radius 1 is 0.667 bits per heavy atom. The van der Waals surface area contributed by atoms with Gasteiger partial charge in [0.05, 0.1) is 0 Å². The van der Waals surface area contributed by atoms with E-state index in [0.29, 0.717) is 34.0 Å². The molecule has 0 saturated carbocycles. The second kappa shape index (κ2) is 10.5. The van der Waals surface area contributed by atoms with Crippen LogP contribution in [0, 0.1) is 0 Å². The van der Waals surface area contributed by atoms with Gasteiger partial charge in [0.25, 0.3) is 0 Å². The van der Waals surface area contributed by atoms with E-state index in [1.807, 2.05) is 48.5 Å². The van der Waals surface area contributed by atoms with Gasteiger partial charge in [0, 0.05) is 24.3 Å². The lowest BCUT2D eigenvalue weighted by atomic mass is 10.1. The van der Waals surface area contributed by atoms with E-state index < -0.39 is 11.9 Å². The summed E-state index contributed by atoms with van der Waals surface area (Å²) in [5.74, 6) is -0.416. The first kappa shape index (κ1) is 22.8. The minimum Gasteiger partial charge on any atom is -0.458 e. The fraction of sp³-hybridized carbons (Fsp3) is 0.0714. The highest BCUT2D eigenvalue weighted by molar-refractivity contribution is 5.87. The lowest BCUT2D eigenvalue weighted by molar-refractivity contribution is -0.139. The lowest BCUT2D eigenvalue weighted by Gasteiger charge is -2.06. The maximum Gasteiger partial charge on any atom is 0.331 e. The molecule has 0 spiro atoms. The summed E-state index contributed by atoms with van der Waals surface area (Å²) in [4.78, 5) is 32.7. The molecule has 5 aromatic rings. The molecule has 0 bridgehead atoms. The molecule has 3 aromatic carbocycles. The Bertz CT molecular complexity index is 1410. The van der Waals surface area contributed by atoms with E-state index in [9.17, 15) is 9.59 Å². The smallest absolute Gasteiger partial charge is 0.331 e. The molecule has 0 amide bonds. The first-order valence-electron chi connectivity index (χ1n) is 11.1. The molecule has 178 valence electrons. The van der Waals surface area contributed by atoms with Gasteiger partial charge in [0.2, 0.25) is 11.8 Å². The normalized spacial score (nSPS) is 11.6.